The predicted molar refractivity (Wildman–Crippen MR) is 72.4 cm³/mol. The molecular weight excluding hydrogens is 260 g/mol. The van der Waals surface area contributed by atoms with E-state index in [9.17, 15) is 14.4 Å². The van der Waals surface area contributed by atoms with Crippen LogP contribution in [0.1, 0.15) is 22.3 Å². The highest BCUT2D eigenvalue weighted by Crippen LogP contribution is 2.24. The Labute approximate surface area is 116 Å². The van der Waals surface area contributed by atoms with Gasteiger partial charge in [0.15, 0.2) is 0 Å². The number of anilines is 1. The lowest BCUT2D eigenvalue weighted by atomic mass is 10.1. The van der Waals surface area contributed by atoms with E-state index in [1.54, 1.807) is 25.2 Å². The van der Waals surface area contributed by atoms with Gasteiger partial charge >= 0.3 is 5.97 Å². The summed E-state index contributed by atoms with van der Waals surface area (Å²) in [7, 11) is 2.93. The first-order chi connectivity index (χ1) is 9.51. The molecule has 0 bridgehead atoms. The second-order valence-electron chi connectivity index (χ2n) is 4.65. The number of nitrogens with one attached hydrogen (secondary N) is 1. The quantitative estimate of drug-likeness (QED) is 0.826. The Morgan fingerprint density at radius 2 is 2.15 bits per heavy atom. The number of methoxy groups -OCH3 is 1. The highest BCUT2D eigenvalue weighted by atomic mass is 16.5. The highest BCUT2D eigenvalue weighted by Gasteiger charge is 2.20. The molecule has 0 radical (unpaired) electrons. The number of esters is 1. The number of benzene rings is 1. The summed E-state index contributed by atoms with van der Waals surface area (Å²) in [5, 5.41) is 2.71. The van der Waals surface area contributed by atoms with Crippen LogP contribution in [0.15, 0.2) is 18.2 Å². The van der Waals surface area contributed by atoms with Crippen LogP contribution in [0.3, 0.4) is 0 Å². The number of fused-ring (bicyclic) bond motifs is 1. The molecule has 1 N–H and O–H groups in total. The lowest BCUT2D eigenvalue weighted by Crippen LogP contribution is -2.29. The molecule has 0 atom stereocenters. The van der Waals surface area contributed by atoms with Gasteiger partial charge < -0.3 is 15.0 Å². The van der Waals surface area contributed by atoms with Crippen molar-refractivity contribution >= 4 is 23.5 Å². The summed E-state index contributed by atoms with van der Waals surface area (Å²) in [6.07, 6.45) is 0.502. The fraction of sp³-hybridized carbons (Fsp3) is 0.357. The summed E-state index contributed by atoms with van der Waals surface area (Å²) in [6.45, 7) is 0.287. The standard InChI is InChI=1S/C14H16N2O4/c1-16(6-5-13(18)20-2)14(19)10-4-3-9-8-12(17)15-11(9)7-10/h3-4,7H,5-6,8H2,1-2H3,(H,15,17). The van der Waals surface area contributed by atoms with Crippen molar-refractivity contribution in [2.45, 2.75) is 12.8 Å². The number of ether oxygens (including phenoxy) is 1. The Morgan fingerprint density at radius 1 is 1.40 bits per heavy atom. The van der Waals surface area contributed by atoms with E-state index in [0.717, 1.165) is 5.56 Å². The van der Waals surface area contributed by atoms with Gasteiger partial charge in [0.2, 0.25) is 5.91 Å². The minimum Gasteiger partial charge on any atom is -0.469 e. The van der Waals surface area contributed by atoms with Crippen LogP contribution in [0.5, 0.6) is 0 Å². The van der Waals surface area contributed by atoms with Crippen molar-refractivity contribution in [1.29, 1.82) is 0 Å². The molecule has 106 valence electrons. The number of nitrogens with zero attached hydrogens (tertiary/aromatic N) is 1. The van der Waals surface area contributed by atoms with Crippen LogP contribution in [-0.4, -0.2) is 43.4 Å². The second kappa shape index (κ2) is 5.73. The van der Waals surface area contributed by atoms with E-state index in [1.165, 1.54) is 12.0 Å². The van der Waals surface area contributed by atoms with Gasteiger partial charge in [-0.05, 0) is 17.7 Å². The number of amides is 2. The monoisotopic (exact) mass is 276 g/mol. The molecule has 2 rings (SSSR count). The molecule has 6 nitrogen and oxygen atoms in total. The molecule has 1 aliphatic heterocycles. The first-order valence-corrected chi connectivity index (χ1v) is 6.26. The molecule has 6 heteroatoms. The summed E-state index contributed by atoms with van der Waals surface area (Å²) >= 11 is 0. The van der Waals surface area contributed by atoms with Gasteiger partial charge in [0.05, 0.1) is 20.0 Å². The normalized spacial score (nSPS) is 12.6. The van der Waals surface area contributed by atoms with E-state index in [-0.39, 0.29) is 30.7 Å². The zero-order valence-corrected chi connectivity index (χ0v) is 11.4. The minimum absolute atomic E-state index is 0.0661. The Bertz CT molecular complexity index is 568. The van der Waals surface area contributed by atoms with Crippen LogP contribution in [-0.2, 0) is 20.7 Å². The van der Waals surface area contributed by atoms with Gasteiger partial charge in [0, 0.05) is 24.8 Å². The number of rotatable bonds is 4. The minimum atomic E-state index is -0.356. The third-order valence-electron chi connectivity index (χ3n) is 3.21. The third kappa shape index (κ3) is 2.96. The predicted octanol–water partition coefficient (Wildman–Crippen LogP) is 0.816. The van der Waals surface area contributed by atoms with Crippen LogP contribution >= 0.6 is 0 Å². The molecule has 2 amide bonds. The topological polar surface area (TPSA) is 75.7 Å². The Hall–Kier alpha value is -2.37. The third-order valence-corrected chi connectivity index (χ3v) is 3.21. The van der Waals surface area contributed by atoms with Crippen LogP contribution < -0.4 is 5.32 Å². The van der Waals surface area contributed by atoms with Crippen LogP contribution in [0.2, 0.25) is 0 Å². The Morgan fingerprint density at radius 3 is 2.85 bits per heavy atom. The number of carbonyl (C=O) groups is 3. The van der Waals surface area contributed by atoms with E-state index in [4.69, 9.17) is 0 Å². The molecule has 0 spiro atoms. The average Bonchev–Trinajstić information content (AvgIpc) is 2.82. The maximum absolute atomic E-state index is 12.2. The Kier molecular flexibility index (Phi) is 4.02. The van der Waals surface area contributed by atoms with Crippen molar-refractivity contribution in [3.8, 4) is 0 Å². The number of hydrogen-bond donors (Lipinski definition) is 1. The molecule has 0 saturated heterocycles. The molecule has 0 fully saturated rings. The van der Waals surface area contributed by atoms with Crippen molar-refractivity contribution in [2.24, 2.45) is 0 Å². The molecule has 1 aromatic carbocycles. The zero-order valence-electron chi connectivity index (χ0n) is 11.4. The molecule has 0 aliphatic carbocycles. The summed E-state index contributed by atoms with van der Waals surface area (Å²) < 4.78 is 4.53. The van der Waals surface area contributed by atoms with Crippen molar-refractivity contribution in [2.75, 3.05) is 26.0 Å². The molecular formula is C14H16N2O4. The van der Waals surface area contributed by atoms with Gasteiger partial charge in [-0.2, -0.15) is 0 Å². The molecule has 1 heterocycles. The fourth-order valence-electron chi connectivity index (χ4n) is 2.03. The first-order valence-electron chi connectivity index (χ1n) is 6.26. The molecule has 0 saturated carbocycles. The second-order valence-corrected chi connectivity index (χ2v) is 4.65. The summed E-state index contributed by atoms with van der Waals surface area (Å²) in [5.74, 6) is -0.618. The summed E-state index contributed by atoms with van der Waals surface area (Å²) in [4.78, 5) is 36.0. The van der Waals surface area contributed by atoms with Crippen molar-refractivity contribution in [1.82, 2.24) is 4.90 Å². The van der Waals surface area contributed by atoms with Gasteiger partial charge in [-0.25, -0.2) is 0 Å². The van der Waals surface area contributed by atoms with Gasteiger partial charge in [-0.3, -0.25) is 14.4 Å². The summed E-state index contributed by atoms with van der Waals surface area (Å²) in [5.41, 5.74) is 2.06. The summed E-state index contributed by atoms with van der Waals surface area (Å²) in [6, 6.07) is 5.13. The Balaban J connectivity index is 2.04. The van der Waals surface area contributed by atoms with Crippen molar-refractivity contribution in [3.05, 3.63) is 29.3 Å². The zero-order chi connectivity index (χ0) is 14.7. The van der Waals surface area contributed by atoms with Gasteiger partial charge in [0.1, 0.15) is 0 Å². The lowest BCUT2D eigenvalue weighted by molar-refractivity contribution is -0.140. The van der Waals surface area contributed by atoms with Gasteiger partial charge in [0.25, 0.3) is 5.91 Å². The van der Waals surface area contributed by atoms with Crippen molar-refractivity contribution in [3.63, 3.8) is 0 Å². The smallest absolute Gasteiger partial charge is 0.307 e. The van der Waals surface area contributed by atoms with Crippen LogP contribution in [0.25, 0.3) is 0 Å². The van der Waals surface area contributed by atoms with Crippen molar-refractivity contribution < 1.29 is 19.1 Å². The lowest BCUT2D eigenvalue weighted by Gasteiger charge is -2.16. The maximum atomic E-state index is 12.2. The fourth-order valence-corrected chi connectivity index (χ4v) is 2.03. The molecule has 20 heavy (non-hydrogen) atoms. The largest absolute Gasteiger partial charge is 0.469 e. The van der Waals surface area contributed by atoms with Crippen LogP contribution in [0.4, 0.5) is 5.69 Å². The van der Waals surface area contributed by atoms with E-state index in [2.05, 4.69) is 10.1 Å². The highest BCUT2D eigenvalue weighted by molar-refractivity contribution is 6.02. The molecule has 0 unspecified atom stereocenters. The number of carbonyl (C=O) groups excluding carboxylic acids is 3. The molecule has 1 aromatic rings. The SMILES string of the molecule is COC(=O)CCN(C)C(=O)c1ccc2c(c1)NC(=O)C2. The number of hydrogen-bond acceptors (Lipinski definition) is 4. The van der Waals surface area contributed by atoms with Gasteiger partial charge in [-0.1, -0.05) is 6.07 Å². The molecule has 0 aromatic heterocycles. The first kappa shape index (κ1) is 14.0. The van der Waals surface area contributed by atoms with Gasteiger partial charge in [-0.15, -0.1) is 0 Å². The van der Waals surface area contributed by atoms with Crippen LogP contribution in [0, 0.1) is 0 Å². The van der Waals surface area contributed by atoms with E-state index < -0.39 is 0 Å². The van der Waals surface area contributed by atoms with E-state index in [1.807, 2.05) is 0 Å². The average molecular weight is 276 g/mol. The van der Waals surface area contributed by atoms with E-state index >= 15 is 0 Å². The maximum Gasteiger partial charge on any atom is 0.307 e. The molecule has 1 aliphatic rings. The van der Waals surface area contributed by atoms with E-state index in [0.29, 0.717) is 17.7 Å².